The molecule has 3 heteroatoms. The molecule has 2 rings (SSSR count). The molecular weight excluding hydrogens is 256 g/mol. The minimum atomic E-state index is 0.463. The lowest BCUT2D eigenvalue weighted by Gasteiger charge is -2.35. The molecule has 0 saturated carbocycles. The van der Waals surface area contributed by atoms with E-state index in [0.29, 0.717) is 12.0 Å². The predicted molar refractivity (Wildman–Crippen MR) is 82.5 cm³/mol. The van der Waals surface area contributed by atoms with Gasteiger partial charge in [-0.3, -0.25) is 4.90 Å². The van der Waals surface area contributed by atoms with Crippen LogP contribution in [0, 0.1) is 5.92 Å². The molecule has 0 aliphatic carbocycles. The lowest BCUT2D eigenvalue weighted by atomic mass is 9.89. The van der Waals surface area contributed by atoms with E-state index in [1.165, 1.54) is 37.8 Å². The first-order valence-corrected chi connectivity index (χ1v) is 7.83. The number of nitrogens with two attached hydrogens (primary N) is 1. The molecule has 1 aliphatic heterocycles. The van der Waals surface area contributed by atoms with Gasteiger partial charge in [0.05, 0.1) is 0 Å². The number of hydrogen-bond donors (Lipinski definition) is 1. The van der Waals surface area contributed by atoms with Gasteiger partial charge in [-0.1, -0.05) is 37.1 Å². The summed E-state index contributed by atoms with van der Waals surface area (Å²) in [5, 5.41) is 0.809. The number of rotatable bonds is 4. The highest BCUT2D eigenvalue weighted by Crippen LogP contribution is 2.35. The van der Waals surface area contributed by atoms with Gasteiger partial charge in [-0.05, 0) is 62.5 Å². The van der Waals surface area contributed by atoms with Crippen LogP contribution in [0.15, 0.2) is 24.3 Å². The van der Waals surface area contributed by atoms with E-state index in [9.17, 15) is 0 Å². The van der Waals surface area contributed by atoms with Crippen molar-refractivity contribution < 1.29 is 0 Å². The molecule has 1 aromatic rings. The molecule has 1 aromatic carbocycles. The third kappa shape index (κ3) is 3.71. The first kappa shape index (κ1) is 14.8. The number of likely N-dealkylation sites (tertiary alicyclic amines) is 1. The van der Waals surface area contributed by atoms with Gasteiger partial charge in [0, 0.05) is 11.1 Å². The topological polar surface area (TPSA) is 29.3 Å². The highest BCUT2D eigenvalue weighted by atomic mass is 35.5. The molecule has 2 atom stereocenters. The van der Waals surface area contributed by atoms with E-state index in [2.05, 4.69) is 24.0 Å². The zero-order valence-corrected chi connectivity index (χ0v) is 12.6. The van der Waals surface area contributed by atoms with Gasteiger partial charge in [-0.15, -0.1) is 0 Å². The smallest absolute Gasteiger partial charge is 0.0406 e. The van der Waals surface area contributed by atoms with Crippen molar-refractivity contribution in [3.05, 3.63) is 34.9 Å². The molecule has 1 heterocycles. The van der Waals surface area contributed by atoms with Crippen LogP contribution in [-0.2, 0) is 0 Å². The van der Waals surface area contributed by atoms with E-state index in [1.54, 1.807) is 0 Å². The molecule has 0 amide bonds. The third-order valence-corrected chi connectivity index (χ3v) is 4.39. The van der Waals surface area contributed by atoms with Crippen molar-refractivity contribution in [2.24, 2.45) is 11.7 Å². The Bertz CT molecular complexity index is 377. The summed E-state index contributed by atoms with van der Waals surface area (Å²) in [6.45, 7) is 5.37. The maximum Gasteiger partial charge on any atom is 0.0406 e. The fourth-order valence-electron chi connectivity index (χ4n) is 3.24. The van der Waals surface area contributed by atoms with E-state index >= 15 is 0 Å². The van der Waals surface area contributed by atoms with E-state index in [1.807, 2.05) is 12.1 Å². The summed E-state index contributed by atoms with van der Waals surface area (Å²) in [6.07, 6.45) is 5.03. The second kappa shape index (κ2) is 7.28. The van der Waals surface area contributed by atoms with Crippen molar-refractivity contribution >= 4 is 11.6 Å². The van der Waals surface area contributed by atoms with E-state index in [0.717, 1.165) is 18.1 Å². The lowest BCUT2D eigenvalue weighted by molar-refractivity contribution is 0.158. The molecule has 2 unspecified atom stereocenters. The lowest BCUT2D eigenvalue weighted by Crippen LogP contribution is -2.36. The Morgan fingerprint density at radius 2 is 2.00 bits per heavy atom. The summed E-state index contributed by atoms with van der Waals surface area (Å²) in [5.41, 5.74) is 7.41. The average molecular weight is 281 g/mol. The zero-order valence-electron chi connectivity index (χ0n) is 11.8. The molecule has 0 aromatic heterocycles. The van der Waals surface area contributed by atoms with Gasteiger partial charge in [-0.2, -0.15) is 0 Å². The van der Waals surface area contributed by atoms with E-state index in [4.69, 9.17) is 17.3 Å². The molecule has 106 valence electrons. The Balaban J connectivity index is 2.28. The van der Waals surface area contributed by atoms with E-state index in [-0.39, 0.29) is 0 Å². The first-order chi connectivity index (χ1) is 9.26. The average Bonchev–Trinajstić information content (AvgIpc) is 2.62. The van der Waals surface area contributed by atoms with Gasteiger partial charge in [-0.25, -0.2) is 0 Å². The van der Waals surface area contributed by atoms with Crippen molar-refractivity contribution in [1.82, 2.24) is 4.90 Å². The highest BCUT2D eigenvalue weighted by Gasteiger charge is 2.29. The molecule has 0 radical (unpaired) electrons. The summed E-state index contributed by atoms with van der Waals surface area (Å²) >= 11 is 6.01. The fourth-order valence-corrected chi connectivity index (χ4v) is 3.37. The molecule has 19 heavy (non-hydrogen) atoms. The highest BCUT2D eigenvalue weighted by molar-refractivity contribution is 6.30. The molecule has 0 bridgehead atoms. The number of nitrogens with zero attached hydrogens (tertiary/aromatic N) is 1. The number of hydrogen-bond acceptors (Lipinski definition) is 2. The monoisotopic (exact) mass is 280 g/mol. The molecule has 1 saturated heterocycles. The largest absolute Gasteiger partial charge is 0.330 e. The van der Waals surface area contributed by atoms with Crippen LogP contribution < -0.4 is 5.73 Å². The summed E-state index contributed by atoms with van der Waals surface area (Å²) in [7, 11) is 0. The van der Waals surface area contributed by atoms with Crippen LogP contribution in [0.3, 0.4) is 0 Å². The van der Waals surface area contributed by atoms with Gasteiger partial charge >= 0.3 is 0 Å². The molecule has 2 N–H and O–H groups in total. The van der Waals surface area contributed by atoms with Crippen molar-refractivity contribution in [2.45, 2.75) is 38.6 Å². The molecule has 2 nitrogen and oxygen atoms in total. The Morgan fingerprint density at radius 3 is 2.63 bits per heavy atom. The van der Waals surface area contributed by atoms with Crippen molar-refractivity contribution in [3.63, 3.8) is 0 Å². The number of halogens is 1. The Labute approximate surface area is 121 Å². The van der Waals surface area contributed by atoms with Gasteiger partial charge in [0.1, 0.15) is 0 Å². The Kier molecular flexibility index (Phi) is 5.68. The van der Waals surface area contributed by atoms with Crippen LogP contribution in [0.5, 0.6) is 0 Å². The predicted octanol–water partition coefficient (Wildman–Crippen LogP) is 3.85. The maximum atomic E-state index is 6.04. The van der Waals surface area contributed by atoms with Crippen molar-refractivity contribution in [3.8, 4) is 0 Å². The van der Waals surface area contributed by atoms with Crippen LogP contribution in [0.2, 0.25) is 5.02 Å². The minimum absolute atomic E-state index is 0.463. The molecule has 0 spiro atoms. The van der Waals surface area contributed by atoms with Crippen molar-refractivity contribution in [1.29, 1.82) is 0 Å². The Hall–Kier alpha value is -0.570. The second-order valence-electron chi connectivity index (χ2n) is 5.52. The summed E-state index contributed by atoms with van der Waals surface area (Å²) in [5.74, 6) is 0.565. The quantitative estimate of drug-likeness (QED) is 0.908. The van der Waals surface area contributed by atoms with Gasteiger partial charge in [0.25, 0.3) is 0 Å². The third-order valence-electron chi connectivity index (χ3n) is 4.14. The van der Waals surface area contributed by atoms with Crippen molar-refractivity contribution in [2.75, 3.05) is 19.6 Å². The normalized spacial score (nSPS) is 25.2. The molecule has 1 fully saturated rings. The SMILES string of the molecule is CCCN1CCCCC(CN)C1c1ccc(Cl)cc1. The fraction of sp³-hybridized carbons (Fsp3) is 0.625. The summed E-state index contributed by atoms with van der Waals surface area (Å²) in [6, 6.07) is 8.80. The molecule has 1 aliphatic rings. The minimum Gasteiger partial charge on any atom is -0.330 e. The maximum absolute atomic E-state index is 6.04. The first-order valence-electron chi connectivity index (χ1n) is 7.45. The van der Waals surface area contributed by atoms with Crippen LogP contribution in [-0.4, -0.2) is 24.5 Å². The van der Waals surface area contributed by atoms with Crippen LogP contribution in [0.1, 0.15) is 44.2 Å². The van der Waals surface area contributed by atoms with Crippen LogP contribution in [0.25, 0.3) is 0 Å². The van der Waals surface area contributed by atoms with Crippen LogP contribution >= 0.6 is 11.6 Å². The van der Waals surface area contributed by atoms with Gasteiger partial charge in [0.15, 0.2) is 0 Å². The zero-order chi connectivity index (χ0) is 13.7. The standard InChI is InChI=1S/C16H25ClN2/c1-2-10-19-11-4-3-5-14(12-18)16(19)13-6-8-15(17)9-7-13/h6-9,14,16H,2-5,10-12,18H2,1H3. The summed E-state index contributed by atoms with van der Waals surface area (Å²) < 4.78 is 0. The summed E-state index contributed by atoms with van der Waals surface area (Å²) in [4.78, 5) is 2.62. The number of benzene rings is 1. The van der Waals surface area contributed by atoms with Gasteiger partial charge < -0.3 is 5.73 Å². The van der Waals surface area contributed by atoms with Gasteiger partial charge in [0.2, 0.25) is 0 Å². The Morgan fingerprint density at radius 1 is 1.26 bits per heavy atom. The second-order valence-corrected chi connectivity index (χ2v) is 5.96. The van der Waals surface area contributed by atoms with Crippen LogP contribution in [0.4, 0.5) is 0 Å². The van der Waals surface area contributed by atoms with E-state index < -0.39 is 0 Å². The molecular formula is C16H25ClN2.